The fourth-order valence-corrected chi connectivity index (χ4v) is 1.69. The van der Waals surface area contributed by atoms with Crippen LogP contribution in [-0.4, -0.2) is 22.7 Å². The highest BCUT2D eigenvalue weighted by molar-refractivity contribution is 5.89. The predicted molar refractivity (Wildman–Crippen MR) is 85.7 cm³/mol. The number of nitrogens with one attached hydrogen (secondary N) is 2. The topological polar surface area (TPSA) is 80.0 Å². The van der Waals surface area contributed by atoms with Crippen LogP contribution in [0.15, 0.2) is 41.4 Å². The molecule has 0 spiro atoms. The number of hydrogen-bond acceptors (Lipinski definition) is 4. The summed E-state index contributed by atoms with van der Waals surface area (Å²) in [4.78, 5) is 15.9. The molecule has 0 aliphatic rings. The number of carbonyl (C=O) groups is 1. The van der Waals surface area contributed by atoms with E-state index in [1.165, 1.54) is 0 Å². The predicted octanol–water partition coefficient (Wildman–Crippen LogP) is 3.34. The second-order valence-electron chi connectivity index (χ2n) is 5.87. The molecular formula is C16H20N4O2. The molecule has 0 unspecified atom stereocenters. The van der Waals surface area contributed by atoms with Crippen LogP contribution in [0, 0.1) is 0 Å². The lowest BCUT2D eigenvalue weighted by atomic mass is 9.97. The van der Waals surface area contributed by atoms with Gasteiger partial charge in [0.15, 0.2) is 0 Å². The van der Waals surface area contributed by atoms with E-state index in [1.807, 2.05) is 32.9 Å². The van der Waals surface area contributed by atoms with Gasteiger partial charge in [-0.05, 0) is 24.3 Å². The molecule has 22 heavy (non-hydrogen) atoms. The molecule has 0 radical (unpaired) electrons. The molecule has 1 heterocycles. The summed E-state index contributed by atoms with van der Waals surface area (Å²) in [5, 5.41) is 9.35. The summed E-state index contributed by atoms with van der Waals surface area (Å²) in [6, 6.07) is 6.97. The number of anilines is 1. The lowest BCUT2D eigenvalue weighted by molar-refractivity contribution is 0.253. The standard InChI is InChI=1S/C16H20N4O2/c1-5-10-17-15(21)18-12-8-6-11(7-9-12)13-19-14(22-20-13)16(2,3)4/h5-9H,1,10H2,2-4H3,(H2,17,18,21). The second-order valence-corrected chi connectivity index (χ2v) is 5.87. The first-order valence-corrected chi connectivity index (χ1v) is 7.00. The number of urea groups is 1. The van der Waals surface area contributed by atoms with E-state index in [2.05, 4.69) is 27.4 Å². The van der Waals surface area contributed by atoms with Gasteiger partial charge in [-0.25, -0.2) is 4.79 Å². The molecule has 6 heteroatoms. The van der Waals surface area contributed by atoms with Crippen LogP contribution in [-0.2, 0) is 5.41 Å². The van der Waals surface area contributed by atoms with Crippen molar-refractivity contribution in [2.45, 2.75) is 26.2 Å². The van der Waals surface area contributed by atoms with Crippen LogP contribution in [0.3, 0.4) is 0 Å². The molecular weight excluding hydrogens is 280 g/mol. The molecule has 0 bridgehead atoms. The Balaban J connectivity index is 2.07. The van der Waals surface area contributed by atoms with Crippen molar-refractivity contribution in [2.75, 3.05) is 11.9 Å². The number of amides is 2. The van der Waals surface area contributed by atoms with Gasteiger partial charge in [-0.3, -0.25) is 0 Å². The smallest absolute Gasteiger partial charge is 0.319 e. The number of carbonyl (C=O) groups excluding carboxylic acids is 1. The summed E-state index contributed by atoms with van der Waals surface area (Å²) in [7, 11) is 0. The number of aromatic nitrogens is 2. The maximum Gasteiger partial charge on any atom is 0.319 e. The van der Waals surface area contributed by atoms with Gasteiger partial charge in [0.25, 0.3) is 0 Å². The van der Waals surface area contributed by atoms with Gasteiger partial charge in [0, 0.05) is 23.2 Å². The molecule has 6 nitrogen and oxygen atoms in total. The average molecular weight is 300 g/mol. The highest BCUT2D eigenvalue weighted by Crippen LogP contribution is 2.24. The van der Waals surface area contributed by atoms with Crippen molar-refractivity contribution in [1.29, 1.82) is 0 Å². The van der Waals surface area contributed by atoms with Gasteiger partial charge in [0.1, 0.15) is 0 Å². The summed E-state index contributed by atoms with van der Waals surface area (Å²) >= 11 is 0. The first-order chi connectivity index (χ1) is 10.4. The Bertz CT molecular complexity index is 654. The minimum absolute atomic E-state index is 0.185. The van der Waals surface area contributed by atoms with Crippen LogP contribution in [0.2, 0.25) is 0 Å². The Morgan fingerprint density at radius 1 is 1.32 bits per heavy atom. The van der Waals surface area contributed by atoms with Crippen LogP contribution in [0.25, 0.3) is 11.4 Å². The Kier molecular flexibility index (Phi) is 4.60. The summed E-state index contributed by atoms with van der Waals surface area (Å²) in [6.07, 6.45) is 1.62. The number of nitrogens with zero attached hydrogens (tertiary/aromatic N) is 2. The molecule has 1 aromatic heterocycles. The molecule has 0 saturated heterocycles. The molecule has 0 aliphatic carbocycles. The van der Waals surface area contributed by atoms with Gasteiger partial charge in [-0.15, -0.1) is 6.58 Å². The zero-order chi connectivity index (χ0) is 16.2. The molecule has 2 aromatic rings. The monoisotopic (exact) mass is 300 g/mol. The minimum Gasteiger partial charge on any atom is -0.338 e. The van der Waals surface area contributed by atoms with Gasteiger partial charge in [0.2, 0.25) is 11.7 Å². The van der Waals surface area contributed by atoms with Crippen LogP contribution in [0.5, 0.6) is 0 Å². The van der Waals surface area contributed by atoms with E-state index < -0.39 is 0 Å². The summed E-state index contributed by atoms with van der Waals surface area (Å²) in [5.74, 6) is 1.13. The third kappa shape index (κ3) is 3.94. The SMILES string of the molecule is C=CCNC(=O)Nc1ccc(-c2noc(C(C)(C)C)n2)cc1. The molecule has 0 aliphatic heterocycles. The Morgan fingerprint density at radius 3 is 2.55 bits per heavy atom. The quantitative estimate of drug-likeness (QED) is 0.849. The Labute approximate surface area is 129 Å². The molecule has 2 N–H and O–H groups in total. The van der Waals surface area contributed by atoms with E-state index in [0.717, 1.165) is 5.56 Å². The van der Waals surface area contributed by atoms with Crippen LogP contribution >= 0.6 is 0 Å². The van der Waals surface area contributed by atoms with E-state index >= 15 is 0 Å². The van der Waals surface area contributed by atoms with Crippen molar-refractivity contribution >= 4 is 11.7 Å². The summed E-state index contributed by atoms with van der Waals surface area (Å²) < 4.78 is 5.27. The molecule has 1 aromatic carbocycles. The van der Waals surface area contributed by atoms with E-state index in [9.17, 15) is 4.79 Å². The maximum absolute atomic E-state index is 11.5. The Morgan fingerprint density at radius 2 is 2.00 bits per heavy atom. The van der Waals surface area contributed by atoms with Crippen LogP contribution < -0.4 is 10.6 Å². The lowest BCUT2D eigenvalue weighted by Gasteiger charge is -2.10. The lowest BCUT2D eigenvalue weighted by Crippen LogP contribution is -2.28. The zero-order valence-electron chi connectivity index (χ0n) is 13.0. The number of benzene rings is 1. The van der Waals surface area contributed by atoms with Crippen LogP contribution in [0.4, 0.5) is 10.5 Å². The zero-order valence-corrected chi connectivity index (χ0v) is 13.0. The Hall–Kier alpha value is -2.63. The second kappa shape index (κ2) is 6.43. The van der Waals surface area contributed by atoms with E-state index in [0.29, 0.717) is 23.9 Å². The highest BCUT2D eigenvalue weighted by atomic mass is 16.5. The minimum atomic E-state index is -0.276. The van der Waals surface area contributed by atoms with Crippen molar-refractivity contribution in [3.63, 3.8) is 0 Å². The van der Waals surface area contributed by atoms with E-state index in [1.54, 1.807) is 18.2 Å². The summed E-state index contributed by atoms with van der Waals surface area (Å²) in [6.45, 7) is 10.00. The molecule has 2 rings (SSSR count). The molecule has 2 amide bonds. The fourth-order valence-electron chi connectivity index (χ4n) is 1.69. The van der Waals surface area contributed by atoms with E-state index in [4.69, 9.17) is 4.52 Å². The third-order valence-corrected chi connectivity index (χ3v) is 2.88. The third-order valence-electron chi connectivity index (χ3n) is 2.88. The van der Waals surface area contributed by atoms with Gasteiger partial charge >= 0.3 is 6.03 Å². The first kappa shape index (κ1) is 15.8. The average Bonchev–Trinajstić information content (AvgIpc) is 2.96. The highest BCUT2D eigenvalue weighted by Gasteiger charge is 2.22. The van der Waals surface area contributed by atoms with Gasteiger partial charge in [-0.2, -0.15) is 4.98 Å². The van der Waals surface area contributed by atoms with Crippen molar-refractivity contribution in [1.82, 2.24) is 15.5 Å². The van der Waals surface area contributed by atoms with Gasteiger partial charge in [0.05, 0.1) is 0 Å². The van der Waals surface area contributed by atoms with Crippen molar-refractivity contribution in [3.05, 3.63) is 42.8 Å². The maximum atomic E-state index is 11.5. The first-order valence-electron chi connectivity index (χ1n) is 7.00. The normalized spacial score (nSPS) is 11.0. The molecule has 0 fully saturated rings. The molecule has 0 atom stereocenters. The van der Waals surface area contributed by atoms with E-state index in [-0.39, 0.29) is 11.4 Å². The number of rotatable bonds is 4. The van der Waals surface area contributed by atoms with Gasteiger partial charge < -0.3 is 15.2 Å². The summed E-state index contributed by atoms with van der Waals surface area (Å²) in [5.41, 5.74) is 1.33. The molecule has 116 valence electrons. The van der Waals surface area contributed by atoms with Crippen LogP contribution in [0.1, 0.15) is 26.7 Å². The largest absolute Gasteiger partial charge is 0.338 e. The molecule has 0 saturated carbocycles. The van der Waals surface area contributed by atoms with Crippen molar-refractivity contribution in [3.8, 4) is 11.4 Å². The van der Waals surface area contributed by atoms with Crippen molar-refractivity contribution in [2.24, 2.45) is 0 Å². The van der Waals surface area contributed by atoms with Crippen molar-refractivity contribution < 1.29 is 9.32 Å². The number of hydrogen-bond donors (Lipinski definition) is 2. The fraction of sp³-hybridized carbons (Fsp3) is 0.312. The van der Waals surface area contributed by atoms with Gasteiger partial charge in [-0.1, -0.05) is 32.0 Å².